The van der Waals surface area contributed by atoms with E-state index in [1.807, 2.05) is 66.7 Å². The van der Waals surface area contributed by atoms with Crippen molar-refractivity contribution in [3.63, 3.8) is 0 Å². The van der Waals surface area contributed by atoms with Gasteiger partial charge in [-0.05, 0) is 52.0 Å². The van der Waals surface area contributed by atoms with E-state index in [1.165, 1.54) is 4.90 Å². The van der Waals surface area contributed by atoms with Crippen LogP contribution < -0.4 is 10.8 Å². The van der Waals surface area contributed by atoms with Gasteiger partial charge >= 0.3 is 13.2 Å². The highest BCUT2D eigenvalue weighted by Gasteiger charge is 2.58. The van der Waals surface area contributed by atoms with Crippen LogP contribution in [0.25, 0.3) is 0 Å². The number of hydrogen-bond acceptors (Lipinski definition) is 4. The topological polar surface area (TPSA) is 88.1 Å². The van der Waals surface area contributed by atoms with Gasteiger partial charge in [-0.2, -0.15) is 0 Å². The van der Waals surface area contributed by atoms with Crippen molar-refractivity contribution in [1.82, 2.24) is 4.90 Å². The standard InChI is InChI=1S/C22H33BN2O5/c1-19(2,3)22(13-10-14-25(22)18(27)28)17(26)24-16-12-9-8-11-15(16)23-29-20(4,5)21(6,7)30-23/h8-9,11-12H,10,13-14H2,1-7H3,(H,24,26)(H,27,28)/t22-/m1/s1. The molecule has 2 N–H and O–H groups in total. The van der Waals surface area contributed by atoms with Gasteiger partial charge in [-0.1, -0.05) is 39.0 Å². The highest BCUT2D eigenvalue weighted by molar-refractivity contribution is 6.64. The fourth-order valence-corrected chi connectivity index (χ4v) is 4.45. The predicted molar refractivity (Wildman–Crippen MR) is 117 cm³/mol. The molecule has 0 bridgehead atoms. The number of nitrogens with one attached hydrogen (secondary N) is 1. The van der Waals surface area contributed by atoms with Gasteiger partial charge in [0.1, 0.15) is 5.54 Å². The van der Waals surface area contributed by atoms with Gasteiger partial charge in [-0.25, -0.2) is 4.79 Å². The number of para-hydroxylation sites is 1. The van der Waals surface area contributed by atoms with Crippen molar-refractivity contribution >= 4 is 30.3 Å². The van der Waals surface area contributed by atoms with E-state index in [1.54, 1.807) is 6.07 Å². The van der Waals surface area contributed by atoms with Crippen LogP contribution in [0.2, 0.25) is 0 Å². The Hall–Kier alpha value is -2.06. The molecule has 3 rings (SSSR count). The second-order valence-electron chi connectivity index (χ2n) is 10.3. The Morgan fingerprint density at radius 1 is 1.10 bits per heavy atom. The van der Waals surface area contributed by atoms with E-state index in [9.17, 15) is 14.7 Å². The number of nitrogens with zero attached hydrogens (tertiary/aromatic N) is 1. The molecule has 2 aliphatic rings. The summed E-state index contributed by atoms with van der Waals surface area (Å²) in [6.07, 6.45) is 0.0557. The lowest BCUT2D eigenvalue weighted by Gasteiger charge is -2.45. The molecule has 0 aliphatic carbocycles. The van der Waals surface area contributed by atoms with Crippen molar-refractivity contribution in [3.05, 3.63) is 24.3 Å². The fourth-order valence-electron chi connectivity index (χ4n) is 4.45. The molecule has 1 aromatic rings. The van der Waals surface area contributed by atoms with Crippen LogP contribution in [0.5, 0.6) is 0 Å². The van der Waals surface area contributed by atoms with Gasteiger partial charge < -0.3 is 19.7 Å². The van der Waals surface area contributed by atoms with Gasteiger partial charge in [0.15, 0.2) is 0 Å². The van der Waals surface area contributed by atoms with Crippen LogP contribution in [0, 0.1) is 5.41 Å². The Morgan fingerprint density at radius 3 is 2.20 bits per heavy atom. The monoisotopic (exact) mass is 416 g/mol. The average molecular weight is 416 g/mol. The first-order valence-electron chi connectivity index (χ1n) is 10.5. The molecule has 0 radical (unpaired) electrons. The Morgan fingerprint density at radius 2 is 1.67 bits per heavy atom. The molecule has 2 amide bonds. The molecule has 2 heterocycles. The highest BCUT2D eigenvalue weighted by atomic mass is 16.7. The SMILES string of the molecule is CC1(C)OB(c2ccccc2NC(=O)[C@@]2(C(C)(C)C)CCCN2C(=O)O)OC1(C)C. The summed E-state index contributed by atoms with van der Waals surface area (Å²) in [4.78, 5) is 26.9. The van der Waals surface area contributed by atoms with Gasteiger partial charge in [0.25, 0.3) is 5.91 Å². The smallest absolute Gasteiger partial charge is 0.465 e. The third-order valence-electron chi connectivity index (χ3n) is 6.94. The number of benzene rings is 1. The minimum atomic E-state index is -1.15. The van der Waals surface area contributed by atoms with Gasteiger partial charge in [0.05, 0.1) is 11.2 Å². The summed E-state index contributed by atoms with van der Waals surface area (Å²) in [7, 11) is -0.628. The Balaban J connectivity index is 1.96. The second-order valence-corrected chi connectivity index (χ2v) is 10.3. The number of carbonyl (C=O) groups is 2. The molecule has 0 saturated carbocycles. The summed E-state index contributed by atoms with van der Waals surface area (Å²) < 4.78 is 12.3. The summed E-state index contributed by atoms with van der Waals surface area (Å²) >= 11 is 0. The fraction of sp³-hybridized carbons (Fsp3) is 0.636. The van der Waals surface area contributed by atoms with Crippen LogP contribution in [-0.2, 0) is 14.1 Å². The maximum atomic E-state index is 13.6. The number of amides is 2. The van der Waals surface area contributed by atoms with Gasteiger partial charge in [-0.3, -0.25) is 9.69 Å². The number of carbonyl (C=O) groups excluding carboxylic acids is 1. The van der Waals surface area contributed by atoms with Crippen LogP contribution in [0.4, 0.5) is 10.5 Å². The van der Waals surface area contributed by atoms with Crippen molar-refractivity contribution in [3.8, 4) is 0 Å². The summed E-state index contributed by atoms with van der Waals surface area (Å²) in [5.74, 6) is -0.320. The third kappa shape index (κ3) is 3.50. The minimum Gasteiger partial charge on any atom is -0.465 e. The van der Waals surface area contributed by atoms with Crippen LogP contribution in [0.15, 0.2) is 24.3 Å². The maximum Gasteiger partial charge on any atom is 0.496 e. The molecule has 7 nitrogen and oxygen atoms in total. The zero-order chi connectivity index (χ0) is 22.5. The summed E-state index contributed by atoms with van der Waals surface area (Å²) in [6, 6.07) is 7.37. The number of anilines is 1. The predicted octanol–water partition coefficient (Wildman–Crippen LogP) is 3.48. The molecule has 30 heavy (non-hydrogen) atoms. The molecular weight excluding hydrogens is 383 g/mol. The molecule has 1 atom stereocenters. The summed E-state index contributed by atoms with van der Waals surface area (Å²) in [5.41, 5.74) is -1.46. The van der Waals surface area contributed by atoms with E-state index in [-0.39, 0.29) is 5.91 Å². The van der Waals surface area contributed by atoms with Crippen LogP contribution in [0.3, 0.4) is 0 Å². The molecule has 2 saturated heterocycles. The lowest BCUT2D eigenvalue weighted by Crippen LogP contribution is -2.62. The van der Waals surface area contributed by atoms with E-state index in [2.05, 4.69) is 5.32 Å². The highest BCUT2D eigenvalue weighted by Crippen LogP contribution is 2.44. The van der Waals surface area contributed by atoms with Crippen LogP contribution in [0.1, 0.15) is 61.3 Å². The summed E-state index contributed by atoms with van der Waals surface area (Å²) in [6.45, 7) is 14.0. The Kier molecular flexibility index (Phi) is 5.48. The van der Waals surface area contributed by atoms with E-state index in [0.29, 0.717) is 30.5 Å². The molecule has 2 fully saturated rings. The number of rotatable bonds is 3. The molecule has 0 spiro atoms. The van der Waals surface area contributed by atoms with Gasteiger partial charge in [0, 0.05) is 17.7 Å². The molecule has 1 aromatic carbocycles. The largest absolute Gasteiger partial charge is 0.496 e. The van der Waals surface area contributed by atoms with Crippen molar-refractivity contribution in [2.24, 2.45) is 5.41 Å². The van der Waals surface area contributed by atoms with Crippen molar-refractivity contribution in [2.45, 2.75) is 78.0 Å². The molecule has 8 heteroatoms. The van der Waals surface area contributed by atoms with Gasteiger partial charge in [0.2, 0.25) is 0 Å². The summed E-state index contributed by atoms with van der Waals surface area (Å²) in [5, 5.41) is 12.8. The molecule has 0 aromatic heterocycles. The zero-order valence-electron chi connectivity index (χ0n) is 19.0. The van der Waals surface area contributed by atoms with E-state index in [0.717, 1.165) is 0 Å². The average Bonchev–Trinajstić information content (AvgIpc) is 3.15. The third-order valence-corrected chi connectivity index (χ3v) is 6.94. The maximum absolute atomic E-state index is 13.6. The Bertz CT molecular complexity index is 832. The van der Waals surface area contributed by atoms with E-state index < -0.39 is 35.4 Å². The molecule has 164 valence electrons. The number of likely N-dealkylation sites (tertiary alicyclic amines) is 1. The van der Waals surface area contributed by atoms with E-state index in [4.69, 9.17) is 9.31 Å². The zero-order valence-corrected chi connectivity index (χ0v) is 19.0. The first-order valence-corrected chi connectivity index (χ1v) is 10.5. The van der Waals surface area contributed by atoms with Crippen molar-refractivity contribution in [1.29, 1.82) is 0 Å². The van der Waals surface area contributed by atoms with Crippen molar-refractivity contribution < 1.29 is 24.0 Å². The first kappa shape index (κ1) is 22.6. The molecule has 0 unspecified atom stereocenters. The molecule has 2 aliphatic heterocycles. The first-order chi connectivity index (χ1) is 13.7. The minimum absolute atomic E-state index is 0.320. The number of carboxylic acid groups (broad SMARTS) is 1. The molecular formula is C22H33BN2O5. The van der Waals surface area contributed by atoms with E-state index >= 15 is 0 Å². The van der Waals surface area contributed by atoms with Gasteiger partial charge in [-0.15, -0.1) is 0 Å². The Labute approximate surface area is 179 Å². The lowest BCUT2D eigenvalue weighted by atomic mass is 9.70. The normalized spacial score (nSPS) is 25.4. The quantitative estimate of drug-likeness (QED) is 0.737. The lowest BCUT2D eigenvalue weighted by molar-refractivity contribution is -0.131. The second kappa shape index (κ2) is 7.27. The van der Waals surface area contributed by atoms with Crippen LogP contribution in [-0.4, -0.2) is 52.4 Å². The number of hydrogen-bond donors (Lipinski definition) is 2. The van der Waals surface area contributed by atoms with Crippen molar-refractivity contribution in [2.75, 3.05) is 11.9 Å². The van der Waals surface area contributed by atoms with Crippen LogP contribution >= 0.6 is 0 Å².